The fourth-order valence-electron chi connectivity index (χ4n) is 5.14. The molecule has 1 atom stereocenters. The number of likely N-dealkylation sites (tertiary alicyclic amines) is 2. The molecular formula is C23H33N3O5. The van der Waals surface area contributed by atoms with E-state index < -0.39 is 0 Å². The van der Waals surface area contributed by atoms with Crippen LogP contribution in [0.15, 0.2) is 12.1 Å². The highest BCUT2D eigenvalue weighted by molar-refractivity contribution is 5.96. The van der Waals surface area contributed by atoms with Gasteiger partial charge in [0.05, 0.1) is 19.8 Å². The molecule has 2 amide bonds. The van der Waals surface area contributed by atoms with E-state index in [0.717, 1.165) is 51.6 Å². The summed E-state index contributed by atoms with van der Waals surface area (Å²) in [7, 11) is 3.03. The van der Waals surface area contributed by atoms with Gasteiger partial charge in [-0.05, 0) is 50.5 Å². The van der Waals surface area contributed by atoms with E-state index in [2.05, 4.69) is 4.98 Å². The molecule has 3 aliphatic heterocycles. The standard InChI is InChI=1S/C23H33N3O5/c1-29-19-6-5-18(21(24-19)30-2)22(28)26-12-8-23(9-13-26)16-17(7-14-31-23)15-20(27)25-10-3-4-11-25/h5-6,17H,3-4,7-16H2,1-2H3. The molecule has 0 saturated carbocycles. The molecule has 8 heteroatoms. The van der Waals surface area contributed by atoms with Crippen LogP contribution in [-0.4, -0.2) is 79.2 Å². The quantitative estimate of drug-likeness (QED) is 0.713. The van der Waals surface area contributed by atoms with Crippen LogP contribution in [0, 0.1) is 5.92 Å². The number of rotatable bonds is 5. The summed E-state index contributed by atoms with van der Waals surface area (Å²) < 4.78 is 16.7. The van der Waals surface area contributed by atoms with Gasteiger partial charge in [0.2, 0.25) is 17.7 Å². The van der Waals surface area contributed by atoms with Gasteiger partial charge in [0.25, 0.3) is 5.91 Å². The molecule has 170 valence electrons. The summed E-state index contributed by atoms with van der Waals surface area (Å²) in [6.07, 6.45) is 6.31. The summed E-state index contributed by atoms with van der Waals surface area (Å²) in [5, 5.41) is 0. The Balaban J connectivity index is 1.35. The lowest BCUT2D eigenvalue weighted by Crippen LogP contribution is -2.51. The number of hydrogen-bond donors (Lipinski definition) is 0. The molecule has 3 aliphatic rings. The Labute approximate surface area is 183 Å². The van der Waals surface area contributed by atoms with E-state index >= 15 is 0 Å². The van der Waals surface area contributed by atoms with E-state index in [-0.39, 0.29) is 17.4 Å². The number of carbonyl (C=O) groups excluding carboxylic acids is 2. The van der Waals surface area contributed by atoms with Gasteiger partial charge in [-0.3, -0.25) is 9.59 Å². The monoisotopic (exact) mass is 431 g/mol. The molecule has 3 saturated heterocycles. The second-order valence-corrected chi connectivity index (χ2v) is 8.88. The third-order valence-electron chi connectivity index (χ3n) is 6.95. The molecule has 4 rings (SSSR count). The third-order valence-corrected chi connectivity index (χ3v) is 6.95. The first kappa shape index (κ1) is 21.9. The molecule has 0 radical (unpaired) electrons. The van der Waals surface area contributed by atoms with Crippen LogP contribution in [-0.2, 0) is 9.53 Å². The number of methoxy groups -OCH3 is 2. The first-order valence-corrected chi connectivity index (χ1v) is 11.3. The predicted molar refractivity (Wildman–Crippen MR) is 114 cm³/mol. The van der Waals surface area contributed by atoms with Crippen molar-refractivity contribution in [1.82, 2.24) is 14.8 Å². The Hall–Kier alpha value is -2.35. The number of pyridine rings is 1. The van der Waals surface area contributed by atoms with Crippen LogP contribution in [0.5, 0.6) is 11.8 Å². The number of carbonyl (C=O) groups is 2. The van der Waals surface area contributed by atoms with Crippen LogP contribution < -0.4 is 9.47 Å². The smallest absolute Gasteiger partial charge is 0.259 e. The zero-order chi connectivity index (χ0) is 21.8. The summed E-state index contributed by atoms with van der Waals surface area (Å²) in [5.41, 5.74) is 0.227. The molecule has 1 spiro atoms. The summed E-state index contributed by atoms with van der Waals surface area (Å²) in [4.78, 5) is 33.8. The first-order valence-electron chi connectivity index (χ1n) is 11.3. The lowest BCUT2D eigenvalue weighted by molar-refractivity contribution is -0.140. The highest BCUT2D eigenvalue weighted by Crippen LogP contribution is 2.39. The lowest BCUT2D eigenvalue weighted by atomic mass is 9.78. The number of ether oxygens (including phenoxy) is 3. The summed E-state index contributed by atoms with van der Waals surface area (Å²) in [6.45, 7) is 3.77. The molecule has 0 bridgehead atoms. The zero-order valence-corrected chi connectivity index (χ0v) is 18.6. The molecule has 1 unspecified atom stereocenters. The number of hydrogen-bond acceptors (Lipinski definition) is 6. The van der Waals surface area contributed by atoms with Crippen molar-refractivity contribution in [2.75, 3.05) is 47.0 Å². The predicted octanol–water partition coefficient (Wildman–Crippen LogP) is 2.51. The maximum atomic E-state index is 13.1. The Morgan fingerprint density at radius 3 is 2.52 bits per heavy atom. The Morgan fingerprint density at radius 2 is 1.84 bits per heavy atom. The minimum Gasteiger partial charge on any atom is -0.481 e. The van der Waals surface area contributed by atoms with Gasteiger partial charge < -0.3 is 24.0 Å². The van der Waals surface area contributed by atoms with Gasteiger partial charge in [-0.15, -0.1) is 0 Å². The molecule has 1 aromatic heterocycles. The highest BCUT2D eigenvalue weighted by atomic mass is 16.5. The van der Waals surface area contributed by atoms with Crippen molar-refractivity contribution in [2.24, 2.45) is 5.92 Å². The average molecular weight is 432 g/mol. The van der Waals surface area contributed by atoms with Crippen LogP contribution in [0.25, 0.3) is 0 Å². The maximum absolute atomic E-state index is 13.1. The molecule has 1 aromatic rings. The fourth-order valence-corrected chi connectivity index (χ4v) is 5.14. The van der Waals surface area contributed by atoms with Gasteiger partial charge in [-0.1, -0.05) is 0 Å². The van der Waals surface area contributed by atoms with Crippen molar-refractivity contribution in [1.29, 1.82) is 0 Å². The normalized spacial score (nSPS) is 23.1. The van der Waals surface area contributed by atoms with Gasteiger partial charge >= 0.3 is 0 Å². The zero-order valence-electron chi connectivity index (χ0n) is 18.6. The van der Waals surface area contributed by atoms with E-state index in [9.17, 15) is 9.59 Å². The number of piperidine rings is 1. The minimum atomic E-state index is -0.215. The van der Waals surface area contributed by atoms with Crippen LogP contribution in [0.3, 0.4) is 0 Å². The Bertz CT molecular complexity index is 800. The van der Waals surface area contributed by atoms with Gasteiger partial charge in [0.1, 0.15) is 5.56 Å². The van der Waals surface area contributed by atoms with Crippen LogP contribution in [0.1, 0.15) is 55.3 Å². The van der Waals surface area contributed by atoms with Gasteiger partial charge in [0, 0.05) is 45.3 Å². The van der Waals surface area contributed by atoms with Crippen molar-refractivity contribution >= 4 is 11.8 Å². The topological polar surface area (TPSA) is 81.2 Å². The molecule has 0 aliphatic carbocycles. The summed E-state index contributed by atoms with van der Waals surface area (Å²) in [6, 6.07) is 3.38. The molecule has 31 heavy (non-hydrogen) atoms. The second-order valence-electron chi connectivity index (χ2n) is 8.88. The fraction of sp³-hybridized carbons (Fsp3) is 0.696. The Kier molecular flexibility index (Phi) is 6.65. The molecular weight excluding hydrogens is 398 g/mol. The van der Waals surface area contributed by atoms with E-state index in [4.69, 9.17) is 14.2 Å². The molecule has 0 aromatic carbocycles. The van der Waals surface area contributed by atoms with E-state index in [1.54, 1.807) is 12.1 Å². The van der Waals surface area contributed by atoms with Crippen LogP contribution in [0.4, 0.5) is 0 Å². The average Bonchev–Trinajstić information content (AvgIpc) is 3.34. The number of amides is 2. The van der Waals surface area contributed by atoms with Crippen LogP contribution in [0.2, 0.25) is 0 Å². The van der Waals surface area contributed by atoms with Crippen LogP contribution >= 0.6 is 0 Å². The van der Waals surface area contributed by atoms with E-state index in [1.807, 2.05) is 9.80 Å². The maximum Gasteiger partial charge on any atom is 0.259 e. The number of nitrogens with zero attached hydrogens (tertiary/aromatic N) is 3. The summed E-state index contributed by atoms with van der Waals surface area (Å²) in [5.74, 6) is 1.27. The van der Waals surface area contributed by atoms with Gasteiger partial charge in [-0.25, -0.2) is 0 Å². The largest absolute Gasteiger partial charge is 0.481 e. The first-order chi connectivity index (χ1) is 15.0. The van der Waals surface area contributed by atoms with Gasteiger partial charge in [0.15, 0.2) is 0 Å². The van der Waals surface area contributed by atoms with Crippen molar-refractivity contribution in [2.45, 2.75) is 50.5 Å². The van der Waals surface area contributed by atoms with Gasteiger partial charge in [-0.2, -0.15) is 4.98 Å². The summed E-state index contributed by atoms with van der Waals surface area (Å²) >= 11 is 0. The van der Waals surface area contributed by atoms with Crippen molar-refractivity contribution in [3.63, 3.8) is 0 Å². The highest BCUT2D eigenvalue weighted by Gasteiger charge is 2.42. The molecule has 4 heterocycles. The lowest BCUT2D eigenvalue weighted by Gasteiger charge is -2.46. The molecule has 8 nitrogen and oxygen atoms in total. The third kappa shape index (κ3) is 4.79. The number of aromatic nitrogens is 1. The Morgan fingerprint density at radius 1 is 1.10 bits per heavy atom. The molecule has 3 fully saturated rings. The minimum absolute atomic E-state index is 0.0848. The van der Waals surface area contributed by atoms with Crippen molar-refractivity contribution in [3.8, 4) is 11.8 Å². The second kappa shape index (κ2) is 9.42. The SMILES string of the molecule is COc1ccc(C(=O)N2CCC3(CC2)CC(CC(=O)N2CCCC2)CCO3)c(OC)n1. The molecule has 0 N–H and O–H groups in total. The van der Waals surface area contributed by atoms with Crippen molar-refractivity contribution in [3.05, 3.63) is 17.7 Å². The van der Waals surface area contributed by atoms with E-state index in [0.29, 0.717) is 49.4 Å². The van der Waals surface area contributed by atoms with Crippen molar-refractivity contribution < 1.29 is 23.8 Å². The van der Waals surface area contributed by atoms with E-state index in [1.165, 1.54) is 14.2 Å².